The molecule has 0 heterocycles. The number of halogens is 1. The predicted molar refractivity (Wildman–Crippen MR) is 84.4 cm³/mol. The van der Waals surface area contributed by atoms with Gasteiger partial charge in [-0.1, -0.05) is 51.9 Å². The van der Waals surface area contributed by atoms with Crippen LogP contribution in [0.2, 0.25) is 0 Å². The van der Waals surface area contributed by atoms with Gasteiger partial charge in [0.15, 0.2) is 0 Å². The fourth-order valence-corrected chi connectivity index (χ4v) is 2.57. The third-order valence-electron chi connectivity index (χ3n) is 3.76. The molecule has 0 bridgehead atoms. The van der Waals surface area contributed by atoms with Crippen molar-refractivity contribution in [3.05, 3.63) is 0 Å². The van der Waals surface area contributed by atoms with Crippen molar-refractivity contribution in [3.8, 4) is 0 Å². The Bertz CT molecular complexity index is 168. The van der Waals surface area contributed by atoms with Crippen LogP contribution in [0.1, 0.15) is 71.1 Å². The van der Waals surface area contributed by atoms with E-state index in [1.54, 1.807) is 0 Å². The molecule has 0 radical (unpaired) electrons. The van der Waals surface area contributed by atoms with Crippen LogP contribution in [0.15, 0.2) is 0 Å². The molecule has 0 unspecified atom stereocenters. The summed E-state index contributed by atoms with van der Waals surface area (Å²) in [6.45, 7) is 4.82. The normalized spacial score (nSPS) is 12.0. The average Bonchev–Trinajstić information content (AvgIpc) is 2.34. The van der Waals surface area contributed by atoms with Crippen LogP contribution in [0.3, 0.4) is 0 Å². The molecule has 0 rings (SSSR count). The number of nitrogens with zero attached hydrogens (tertiary/aromatic N) is 1. The molecular weight excluding hydrogens is 242 g/mol. The Morgan fingerprint density at radius 2 is 1.11 bits per heavy atom. The van der Waals surface area contributed by atoms with Gasteiger partial charge in [0.1, 0.15) is 0 Å². The number of quaternary nitrogens is 1. The molecule has 0 aromatic rings. The molecule has 2 heteroatoms. The van der Waals surface area contributed by atoms with Crippen molar-refractivity contribution in [1.29, 1.82) is 0 Å². The molecule has 0 amide bonds. The summed E-state index contributed by atoms with van der Waals surface area (Å²) in [5.74, 6) is 0.805. The Kier molecular flexibility index (Phi) is 12.5. The third kappa shape index (κ3) is 12.7. The number of hydrogen-bond donors (Lipinski definition) is 0. The largest absolute Gasteiger partial charge is 0.328 e. The summed E-state index contributed by atoms with van der Waals surface area (Å²) in [4.78, 5) is 0. The highest BCUT2D eigenvalue weighted by molar-refractivity contribution is 6.17. The van der Waals surface area contributed by atoms with Gasteiger partial charge in [-0.2, -0.15) is 0 Å². The van der Waals surface area contributed by atoms with Gasteiger partial charge in [0.25, 0.3) is 0 Å². The average molecular weight is 277 g/mol. The van der Waals surface area contributed by atoms with E-state index in [4.69, 9.17) is 11.6 Å². The van der Waals surface area contributed by atoms with E-state index in [1.807, 2.05) is 0 Å². The molecule has 0 atom stereocenters. The van der Waals surface area contributed by atoms with E-state index in [0.717, 1.165) is 16.8 Å². The summed E-state index contributed by atoms with van der Waals surface area (Å²) >= 11 is 5.75. The molecule has 0 aliphatic rings. The third-order valence-corrected chi connectivity index (χ3v) is 4.03. The zero-order valence-corrected chi connectivity index (χ0v) is 13.8. The van der Waals surface area contributed by atoms with E-state index in [-0.39, 0.29) is 0 Å². The molecule has 18 heavy (non-hydrogen) atoms. The van der Waals surface area contributed by atoms with Crippen LogP contribution in [0.4, 0.5) is 0 Å². The molecular formula is C16H35ClN+. The molecule has 0 spiro atoms. The fourth-order valence-electron chi connectivity index (χ4n) is 2.45. The van der Waals surface area contributed by atoms with E-state index in [9.17, 15) is 0 Å². The minimum atomic E-state index is 0.805. The van der Waals surface area contributed by atoms with Gasteiger partial charge < -0.3 is 4.48 Å². The van der Waals surface area contributed by atoms with Crippen LogP contribution in [-0.4, -0.2) is 37.5 Å². The predicted octanol–water partition coefficient (Wildman–Crippen LogP) is 5.22. The summed E-state index contributed by atoms with van der Waals surface area (Å²) in [5.41, 5.74) is 0. The number of unbranched alkanes of at least 4 members (excludes halogenated alkanes) is 8. The minimum absolute atomic E-state index is 0.805. The molecule has 0 aromatic heterocycles. The first-order valence-electron chi connectivity index (χ1n) is 8.00. The van der Waals surface area contributed by atoms with Crippen molar-refractivity contribution in [2.45, 2.75) is 71.1 Å². The van der Waals surface area contributed by atoms with Gasteiger partial charge in [-0.25, -0.2) is 0 Å². The Morgan fingerprint density at radius 3 is 1.61 bits per heavy atom. The Hall–Kier alpha value is 0.250. The molecule has 0 saturated heterocycles. The van der Waals surface area contributed by atoms with Crippen molar-refractivity contribution < 1.29 is 4.48 Å². The lowest BCUT2D eigenvalue weighted by Crippen LogP contribution is -2.41. The van der Waals surface area contributed by atoms with Crippen LogP contribution in [0.25, 0.3) is 0 Å². The standard InChI is InChI=1S/C16H35ClN/c1-4-5-6-7-8-9-10-11-12-15-18(2,3)16-13-14-17/h4-16H2,1-3H3/q+1. The number of hydrogen-bond acceptors (Lipinski definition) is 0. The summed E-state index contributed by atoms with van der Waals surface area (Å²) in [5, 5.41) is 0. The molecule has 0 aromatic carbocycles. The fraction of sp³-hybridized carbons (Fsp3) is 1.00. The maximum Gasteiger partial charge on any atom is 0.0794 e. The highest BCUT2D eigenvalue weighted by Crippen LogP contribution is 2.11. The van der Waals surface area contributed by atoms with Gasteiger partial charge in [0, 0.05) is 12.3 Å². The van der Waals surface area contributed by atoms with Crippen LogP contribution in [-0.2, 0) is 0 Å². The van der Waals surface area contributed by atoms with E-state index in [2.05, 4.69) is 21.0 Å². The van der Waals surface area contributed by atoms with E-state index < -0.39 is 0 Å². The minimum Gasteiger partial charge on any atom is -0.328 e. The molecule has 110 valence electrons. The van der Waals surface area contributed by atoms with Gasteiger partial charge in [-0.15, -0.1) is 11.6 Å². The lowest BCUT2D eigenvalue weighted by Gasteiger charge is -2.29. The second-order valence-electron chi connectivity index (χ2n) is 6.25. The van der Waals surface area contributed by atoms with Crippen molar-refractivity contribution in [2.24, 2.45) is 0 Å². The molecule has 0 fully saturated rings. The monoisotopic (exact) mass is 276 g/mol. The van der Waals surface area contributed by atoms with Crippen LogP contribution in [0, 0.1) is 0 Å². The van der Waals surface area contributed by atoms with Gasteiger partial charge in [0.2, 0.25) is 0 Å². The van der Waals surface area contributed by atoms with Crippen molar-refractivity contribution in [3.63, 3.8) is 0 Å². The maximum absolute atomic E-state index is 5.75. The van der Waals surface area contributed by atoms with Gasteiger partial charge >= 0.3 is 0 Å². The Labute approximate surface area is 120 Å². The molecule has 0 N–H and O–H groups in total. The summed E-state index contributed by atoms with van der Waals surface area (Å²) in [6.07, 6.45) is 13.9. The van der Waals surface area contributed by atoms with Crippen molar-refractivity contribution in [2.75, 3.05) is 33.1 Å². The summed E-state index contributed by atoms with van der Waals surface area (Å²) in [6, 6.07) is 0. The van der Waals surface area contributed by atoms with Crippen molar-refractivity contribution in [1.82, 2.24) is 0 Å². The molecule has 0 aliphatic carbocycles. The lowest BCUT2D eigenvalue weighted by molar-refractivity contribution is -0.890. The smallest absolute Gasteiger partial charge is 0.0794 e. The Morgan fingerprint density at radius 1 is 0.667 bits per heavy atom. The number of rotatable bonds is 13. The van der Waals surface area contributed by atoms with E-state index in [1.165, 1.54) is 70.9 Å². The highest BCUT2D eigenvalue weighted by Gasteiger charge is 2.12. The molecule has 0 saturated carbocycles. The zero-order chi connectivity index (χ0) is 13.7. The van der Waals surface area contributed by atoms with Crippen LogP contribution in [0.5, 0.6) is 0 Å². The maximum atomic E-state index is 5.75. The first-order chi connectivity index (χ1) is 8.62. The molecule has 0 aliphatic heterocycles. The lowest BCUT2D eigenvalue weighted by atomic mass is 10.1. The van der Waals surface area contributed by atoms with Crippen molar-refractivity contribution >= 4 is 11.6 Å². The first-order valence-corrected chi connectivity index (χ1v) is 8.54. The second-order valence-corrected chi connectivity index (χ2v) is 6.63. The molecule has 1 nitrogen and oxygen atoms in total. The number of alkyl halides is 1. The van der Waals surface area contributed by atoms with Gasteiger partial charge in [-0.05, 0) is 12.8 Å². The van der Waals surface area contributed by atoms with Gasteiger partial charge in [0.05, 0.1) is 27.2 Å². The van der Waals surface area contributed by atoms with E-state index in [0.29, 0.717) is 0 Å². The van der Waals surface area contributed by atoms with Gasteiger partial charge in [-0.3, -0.25) is 0 Å². The summed E-state index contributed by atoms with van der Waals surface area (Å²) < 4.78 is 1.14. The van der Waals surface area contributed by atoms with Crippen LogP contribution >= 0.6 is 11.6 Å². The van der Waals surface area contributed by atoms with Crippen LogP contribution < -0.4 is 0 Å². The second kappa shape index (κ2) is 12.3. The first kappa shape index (κ1) is 18.2. The Balaban J connectivity index is 3.23. The zero-order valence-electron chi connectivity index (χ0n) is 13.0. The van der Waals surface area contributed by atoms with E-state index >= 15 is 0 Å². The SMILES string of the molecule is CCCCCCCCCCC[N+](C)(C)CCCCl. The summed E-state index contributed by atoms with van der Waals surface area (Å²) in [7, 11) is 4.66. The highest BCUT2D eigenvalue weighted by atomic mass is 35.5. The topological polar surface area (TPSA) is 0 Å². The quantitative estimate of drug-likeness (QED) is 0.246.